The zero-order chi connectivity index (χ0) is 22.6. The van der Waals surface area contributed by atoms with Gasteiger partial charge in [-0.2, -0.15) is 5.26 Å². The number of amides is 1. The predicted molar refractivity (Wildman–Crippen MR) is 119 cm³/mol. The first-order chi connectivity index (χ1) is 14.7. The molecule has 164 valence electrons. The van der Waals surface area contributed by atoms with Crippen molar-refractivity contribution in [1.82, 2.24) is 14.5 Å². The van der Waals surface area contributed by atoms with Gasteiger partial charge in [0.05, 0.1) is 16.5 Å². The van der Waals surface area contributed by atoms with E-state index in [0.29, 0.717) is 29.8 Å². The number of rotatable bonds is 5. The van der Waals surface area contributed by atoms with Crippen LogP contribution in [0.2, 0.25) is 0 Å². The monoisotopic (exact) mass is 440 g/mol. The lowest BCUT2D eigenvalue weighted by Crippen LogP contribution is -2.35. The Balaban J connectivity index is 1.73. The van der Waals surface area contributed by atoms with Crippen LogP contribution < -0.4 is 4.72 Å². The summed E-state index contributed by atoms with van der Waals surface area (Å²) in [5.74, 6) is -0.143. The van der Waals surface area contributed by atoms with Gasteiger partial charge in [-0.3, -0.25) is 9.69 Å². The molecule has 1 aliphatic rings. The van der Waals surface area contributed by atoms with E-state index in [-0.39, 0.29) is 10.8 Å². The fourth-order valence-corrected chi connectivity index (χ4v) is 4.86. The number of hydrogen-bond acceptors (Lipinski definition) is 5. The van der Waals surface area contributed by atoms with Gasteiger partial charge in [-0.05, 0) is 68.3 Å². The van der Waals surface area contributed by atoms with E-state index in [1.807, 2.05) is 31.2 Å². The van der Waals surface area contributed by atoms with Crippen LogP contribution in [-0.4, -0.2) is 57.4 Å². The SMILES string of the molecule is CNS(=O)(=O)c1cc(C(=O)N2CCCN(Cc3ccc(C#N)cc3)CC2)cc(C)c1C. The molecule has 1 aliphatic heterocycles. The van der Waals surface area contributed by atoms with Crippen LogP contribution in [-0.2, 0) is 16.6 Å². The first-order valence-corrected chi connectivity index (χ1v) is 11.8. The van der Waals surface area contributed by atoms with Crippen molar-refractivity contribution in [3.05, 3.63) is 64.2 Å². The number of benzene rings is 2. The van der Waals surface area contributed by atoms with E-state index in [1.54, 1.807) is 17.9 Å². The maximum Gasteiger partial charge on any atom is 0.253 e. The highest BCUT2D eigenvalue weighted by atomic mass is 32.2. The van der Waals surface area contributed by atoms with Crippen molar-refractivity contribution >= 4 is 15.9 Å². The van der Waals surface area contributed by atoms with Crippen molar-refractivity contribution in [3.63, 3.8) is 0 Å². The summed E-state index contributed by atoms with van der Waals surface area (Å²) in [6.45, 7) is 7.15. The maximum atomic E-state index is 13.2. The second-order valence-electron chi connectivity index (χ2n) is 7.85. The topological polar surface area (TPSA) is 93.5 Å². The smallest absolute Gasteiger partial charge is 0.253 e. The first kappa shape index (κ1) is 22.9. The van der Waals surface area contributed by atoms with E-state index in [0.717, 1.165) is 37.2 Å². The second-order valence-corrected chi connectivity index (χ2v) is 9.71. The first-order valence-electron chi connectivity index (χ1n) is 10.3. The molecule has 1 saturated heterocycles. The predicted octanol–water partition coefficient (Wildman–Crippen LogP) is 2.43. The number of carbonyl (C=O) groups excluding carboxylic acids is 1. The van der Waals surface area contributed by atoms with Crippen molar-refractivity contribution in [2.45, 2.75) is 31.7 Å². The van der Waals surface area contributed by atoms with Gasteiger partial charge in [0.25, 0.3) is 5.91 Å². The third kappa shape index (κ3) is 5.31. The van der Waals surface area contributed by atoms with Crippen molar-refractivity contribution in [1.29, 1.82) is 5.26 Å². The molecule has 0 spiro atoms. The number of hydrogen-bond donors (Lipinski definition) is 1. The van der Waals surface area contributed by atoms with Crippen LogP contribution in [0.15, 0.2) is 41.3 Å². The van der Waals surface area contributed by atoms with E-state index in [1.165, 1.54) is 13.1 Å². The summed E-state index contributed by atoms with van der Waals surface area (Å²) >= 11 is 0. The van der Waals surface area contributed by atoms with Gasteiger partial charge in [-0.15, -0.1) is 0 Å². The van der Waals surface area contributed by atoms with Gasteiger partial charge in [0.2, 0.25) is 10.0 Å². The van der Waals surface area contributed by atoms with E-state index in [2.05, 4.69) is 15.7 Å². The van der Waals surface area contributed by atoms with Crippen molar-refractivity contribution < 1.29 is 13.2 Å². The fraction of sp³-hybridized carbons (Fsp3) is 0.391. The highest BCUT2D eigenvalue weighted by molar-refractivity contribution is 7.89. The quantitative estimate of drug-likeness (QED) is 0.771. The minimum Gasteiger partial charge on any atom is -0.337 e. The molecule has 0 atom stereocenters. The second kappa shape index (κ2) is 9.60. The van der Waals surface area contributed by atoms with E-state index in [9.17, 15) is 13.2 Å². The standard InChI is InChI=1S/C23H28N4O3S/c1-17-13-21(14-22(18(17)2)31(29,30)25-3)23(28)27-10-4-9-26(11-12-27)16-20-7-5-19(15-24)6-8-20/h5-8,13-14,25H,4,9-12,16H2,1-3H3. The van der Waals surface area contributed by atoms with Crippen LogP contribution >= 0.6 is 0 Å². The molecule has 31 heavy (non-hydrogen) atoms. The van der Waals surface area contributed by atoms with Gasteiger partial charge in [0.15, 0.2) is 0 Å². The average molecular weight is 441 g/mol. The Bertz CT molecular complexity index is 1100. The largest absolute Gasteiger partial charge is 0.337 e. The van der Waals surface area contributed by atoms with Crippen LogP contribution in [0.4, 0.5) is 0 Å². The van der Waals surface area contributed by atoms with Crippen LogP contribution in [0.5, 0.6) is 0 Å². The number of nitrogens with one attached hydrogen (secondary N) is 1. The molecule has 1 amide bonds. The average Bonchev–Trinajstić information content (AvgIpc) is 3.01. The zero-order valence-electron chi connectivity index (χ0n) is 18.2. The Hall–Kier alpha value is -2.73. The van der Waals surface area contributed by atoms with E-state index < -0.39 is 10.0 Å². The molecule has 2 aromatic rings. The number of nitrogens with zero attached hydrogens (tertiary/aromatic N) is 3. The molecule has 0 bridgehead atoms. The van der Waals surface area contributed by atoms with Gasteiger partial charge < -0.3 is 4.90 Å². The highest BCUT2D eigenvalue weighted by Gasteiger charge is 2.24. The highest BCUT2D eigenvalue weighted by Crippen LogP contribution is 2.22. The maximum absolute atomic E-state index is 13.2. The Labute approximate surface area is 184 Å². The molecule has 0 aliphatic carbocycles. The molecule has 2 aromatic carbocycles. The summed E-state index contributed by atoms with van der Waals surface area (Å²) in [5.41, 5.74) is 3.60. The molecule has 3 rings (SSSR count). The minimum atomic E-state index is -3.64. The summed E-state index contributed by atoms with van der Waals surface area (Å²) in [7, 11) is -2.27. The molecule has 0 unspecified atom stereocenters. The molecule has 0 radical (unpaired) electrons. The van der Waals surface area contributed by atoms with Crippen molar-refractivity contribution in [3.8, 4) is 6.07 Å². The molecule has 1 heterocycles. The molecule has 0 saturated carbocycles. The Morgan fingerprint density at radius 3 is 2.45 bits per heavy atom. The lowest BCUT2D eigenvalue weighted by molar-refractivity contribution is 0.0760. The molecule has 0 aromatic heterocycles. The van der Waals surface area contributed by atoms with E-state index in [4.69, 9.17) is 5.26 Å². The van der Waals surface area contributed by atoms with Gasteiger partial charge in [-0.25, -0.2) is 13.1 Å². The van der Waals surface area contributed by atoms with Gasteiger partial charge in [0.1, 0.15) is 0 Å². The molecular formula is C23H28N4O3S. The third-order valence-corrected chi connectivity index (χ3v) is 7.33. The lowest BCUT2D eigenvalue weighted by atomic mass is 10.1. The fourth-order valence-electron chi connectivity index (χ4n) is 3.80. The van der Waals surface area contributed by atoms with Crippen molar-refractivity contribution in [2.75, 3.05) is 33.2 Å². The van der Waals surface area contributed by atoms with Crippen molar-refractivity contribution in [2.24, 2.45) is 0 Å². The van der Waals surface area contributed by atoms with Crippen LogP contribution in [0.1, 0.15) is 39.0 Å². The third-order valence-electron chi connectivity index (χ3n) is 5.79. The number of aryl methyl sites for hydroxylation is 1. The summed E-state index contributed by atoms with van der Waals surface area (Å²) < 4.78 is 27.1. The Kier molecular flexibility index (Phi) is 7.11. The van der Waals surface area contributed by atoms with Gasteiger partial charge in [-0.1, -0.05) is 12.1 Å². The molecule has 7 nitrogen and oxygen atoms in total. The number of carbonyl (C=O) groups is 1. The Morgan fingerprint density at radius 2 is 1.81 bits per heavy atom. The summed E-state index contributed by atoms with van der Waals surface area (Å²) in [6.07, 6.45) is 0.842. The number of sulfonamides is 1. The van der Waals surface area contributed by atoms with Gasteiger partial charge in [0, 0.05) is 38.3 Å². The Morgan fingerprint density at radius 1 is 1.10 bits per heavy atom. The molecule has 1 fully saturated rings. The molecule has 1 N–H and O–H groups in total. The molecular weight excluding hydrogens is 412 g/mol. The van der Waals surface area contributed by atoms with Crippen LogP contribution in [0, 0.1) is 25.2 Å². The summed E-state index contributed by atoms with van der Waals surface area (Å²) in [6, 6.07) is 12.9. The summed E-state index contributed by atoms with van der Waals surface area (Å²) in [5, 5.41) is 8.94. The minimum absolute atomic E-state index is 0.143. The number of nitriles is 1. The zero-order valence-corrected chi connectivity index (χ0v) is 19.0. The van der Waals surface area contributed by atoms with Crippen LogP contribution in [0.3, 0.4) is 0 Å². The van der Waals surface area contributed by atoms with E-state index >= 15 is 0 Å². The normalized spacial score (nSPS) is 15.4. The van der Waals surface area contributed by atoms with Gasteiger partial charge >= 0.3 is 0 Å². The van der Waals surface area contributed by atoms with Crippen LogP contribution in [0.25, 0.3) is 0 Å². The lowest BCUT2D eigenvalue weighted by Gasteiger charge is -2.23. The summed E-state index contributed by atoms with van der Waals surface area (Å²) in [4.78, 5) is 17.4. The molecule has 8 heteroatoms.